The second-order valence-electron chi connectivity index (χ2n) is 3.86. The summed E-state index contributed by atoms with van der Waals surface area (Å²) in [6.07, 6.45) is 5.03. The molecule has 1 aromatic carbocycles. The summed E-state index contributed by atoms with van der Waals surface area (Å²) in [6.45, 7) is 2.06. The monoisotopic (exact) mass is 211 g/mol. The summed E-state index contributed by atoms with van der Waals surface area (Å²) in [7, 11) is 0. The Morgan fingerprint density at radius 3 is 2.94 bits per heavy atom. The third-order valence-corrected chi connectivity index (χ3v) is 2.55. The van der Waals surface area contributed by atoms with Gasteiger partial charge in [-0.3, -0.25) is 9.78 Å². The van der Waals surface area contributed by atoms with Gasteiger partial charge in [-0.05, 0) is 30.5 Å². The van der Waals surface area contributed by atoms with Gasteiger partial charge in [-0.25, -0.2) is 0 Å². The molecule has 0 aliphatic carbocycles. The number of aldehydes is 1. The van der Waals surface area contributed by atoms with E-state index in [-0.39, 0.29) is 0 Å². The molecule has 0 spiro atoms. The average molecular weight is 211 g/mol. The standard InChI is InChI=1S/C14H13NO/c1-11-3-2-4-12(7-11)8-14-9-15-6-5-13(14)10-16/h2-7,9-10H,8H2,1H3. The van der Waals surface area contributed by atoms with Gasteiger partial charge in [-0.15, -0.1) is 0 Å². The Labute approximate surface area is 95.0 Å². The minimum absolute atomic E-state index is 0.719. The largest absolute Gasteiger partial charge is 0.298 e. The van der Waals surface area contributed by atoms with Crippen molar-refractivity contribution >= 4 is 6.29 Å². The van der Waals surface area contributed by atoms with Crippen molar-refractivity contribution in [1.82, 2.24) is 4.98 Å². The lowest BCUT2D eigenvalue weighted by Gasteiger charge is -2.04. The number of aromatic nitrogens is 1. The van der Waals surface area contributed by atoms with E-state index in [1.807, 2.05) is 6.07 Å². The fraction of sp³-hybridized carbons (Fsp3) is 0.143. The van der Waals surface area contributed by atoms with Gasteiger partial charge in [0.25, 0.3) is 0 Å². The van der Waals surface area contributed by atoms with E-state index in [1.54, 1.807) is 18.5 Å². The van der Waals surface area contributed by atoms with E-state index in [0.717, 1.165) is 23.8 Å². The lowest BCUT2D eigenvalue weighted by atomic mass is 10.0. The van der Waals surface area contributed by atoms with Crippen LogP contribution in [-0.4, -0.2) is 11.3 Å². The first kappa shape index (κ1) is 10.6. The van der Waals surface area contributed by atoms with Crippen LogP contribution in [0.15, 0.2) is 42.7 Å². The van der Waals surface area contributed by atoms with Crippen LogP contribution in [0.3, 0.4) is 0 Å². The molecule has 0 saturated carbocycles. The number of benzene rings is 1. The fourth-order valence-corrected chi connectivity index (χ4v) is 1.74. The van der Waals surface area contributed by atoms with Gasteiger partial charge in [-0.1, -0.05) is 29.8 Å². The first-order chi connectivity index (χ1) is 7.79. The Balaban J connectivity index is 2.30. The second-order valence-corrected chi connectivity index (χ2v) is 3.86. The normalized spacial score (nSPS) is 10.1. The van der Waals surface area contributed by atoms with Gasteiger partial charge in [-0.2, -0.15) is 0 Å². The summed E-state index contributed by atoms with van der Waals surface area (Å²) >= 11 is 0. The van der Waals surface area contributed by atoms with E-state index >= 15 is 0 Å². The Kier molecular flexibility index (Phi) is 3.10. The molecule has 2 nitrogen and oxygen atoms in total. The minimum atomic E-state index is 0.719. The summed E-state index contributed by atoms with van der Waals surface area (Å²) < 4.78 is 0. The Morgan fingerprint density at radius 2 is 2.19 bits per heavy atom. The molecule has 1 heterocycles. The van der Waals surface area contributed by atoms with Gasteiger partial charge in [0.1, 0.15) is 6.29 Å². The highest BCUT2D eigenvalue weighted by Gasteiger charge is 2.02. The van der Waals surface area contributed by atoms with Crippen molar-refractivity contribution in [2.45, 2.75) is 13.3 Å². The van der Waals surface area contributed by atoms with Crippen LogP contribution in [-0.2, 0) is 6.42 Å². The number of carbonyl (C=O) groups excluding carboxylic acids is 1. The molecule has 16 heavy (non-hydrogen) atoms. The van der Waals surface area contributed by atoms with Crippen LogP contribution < -0.4 is 0 Å². The molecule has 0 fully saturated rings. The maximum atomic E-state index is 10.9. The van der Waals surface area contributed by atoms with Crippen molar-refractivity contribution in [3.8, 4) is 0 Å². The van der Waals surface area contributed by atoms with Crippen molar-refractivity contribution in [3.05, 3.63) is 65.0 Å². The van der Waals surface area contributed by atoms with Crippen molar-refractivity contribution in [2.75, 3.05) is 0 Å². The van der Waals surface area contributed by atoms with E-state index in [1.165, 1.54) is 11.1 Å². The summed E-state index contributed by atoms with van der Waals surface area (Å²) in [4.78, 5) is 14.9. The van der Waals surface area contributed by atoms with Gasteiger partial charge in [0, 0.05) is 18.0 Å². The average Bonchev–Trinajstić information content (AvgIpc) is 2.30. The predicted molar refractivity (Wildman–Crippen MR) is 63.6 cm³/mol. The van der Waals surface area contributed by atoms with Crippen LogP contribution in [0.1, 0.15) is 27.0 Å². The zero-order valence-corrected chi connectivity index (χ0v) is 9.18. The first-order valence-corrected chi connectivity index (χ1v) is 5.23. The third-order valence-electron chi connectivity index (χ3n) is 2.55. The second kappa shape index (κ2) is 4.71. The van der Waals surface area contributed by atoms with E-state index in [4.69, 9.17) is 0 Å². The van der Waals surface area contributed by atoms with Gasteiger partial charge in [0.15, 0.2) is 0 Å². The fourth-order valence-electron chi connectivity index (χ4n) is 1.74. The van der Waals surface area contributed by atoms with E-state index in [9.17, 15) is 4.79 Å². The number of nitrogens with zero attached hydrogens (tertiary/aromatic N) is 1. The van der Waals surface area contributed by atoms with Crippen LogP contribution in [0, 0.1) is 6.92 Å². The molecule has 0 radical (unpaired) electrons. The molecular weight excluding hydrogens is 198 g/mol. The Bertz CT molecular complexity index is 506. The highest BCUT2D eigenvalue weighted by atomic mass is 16.1. The molecule has 0 atom stereocenters. The highest BCUT2D eigenvalue weighted by molar-refractivity contribution is 5.77. The molecule has 0 aliphatic heterocycles. The number of rotatable bonds is 3. The lowest BCUT2D eigenvalue weighted by Crippen LogP contribution is -1.95. The SMILES string of the molecule is Cc1cccc(Cc2cnccc2C=O)c1. The Hall–Kier alpha value is -1.96. The van der Waals surface area contributed by atoms with Crippen molar-refractivity contribution in [3.63, 3.8) is 0 Å². The van der Waals surface area contributed by atoms with Crippen LogP contribution in [0.2, 0.25) is 0 Å². The molecule has 2 heteroatoms. The topological polar surface area (TPSA) is 30.0 Å². The minimum Gasteiger partial charge on any atom is -0.298 e. The summed E-state index contributed by atoms with van der Waals surface area (Å²) in [6, 6.07) is 10.0. The molecular formula is C14H13NO. The molecule has 0 bridgehead atoms. The number of carbonyl (C=O) groups is 1. The number of pyridine rings is 1. The molecule has 0 amide bonds. The molecule has 2 aromatic rings. The van der Waals surface area contributed by atoms with Gasteiger partial charge < -0.3 is 0 Å². The predicted octanol–water partition coefficient (Wildman–Crippen LogP) is 2.79. The van der Waals surface area contributed by atoms with E-state index in [2.05, 4.69) is 30.1 Å². The molecule has 2 rings (SSSR count). The molecule has 0 N–H and O–H groups in total. The Morgan fingerprint density at radius 1 is 1.31 bits per heavy atom. The number of hydrogen-bond acceptors (Lipinski definition) is 2. The van der Waals surface area contributed by atoms with Crippen molar-refractivity contribution in [2.24, 2.45) is 0 Å². The molecule has 0 aliphatic rings. The molecule has 80 valence electrons. The van der Waals surface area contributed by atoms with Gasteiger partial charge in [0.2, 0.25) is 0 Å². The van der Waals surface area contributed by atoms with Gasteiger partial charge >= 0.3 is 0 Å². The van der Waals surface area contributed by atoms with Crippen LogP contribution >= 0.6 is 0 Å². The molecule has 1 aromatic heterocycles. The number of aryl methyl sites for hydroxylation is 1. The lowest BCUT2D eigenvalue weighted by molar-refractivity contribution is 0.112. The quantitative estimate of drug-likeness (QED) is 0.731. The first-order valence-electron chi connectivity index (χ1n) is 5.23. The smallest absolute Gasteiger partial charge is 0.150 e. The van der Waals surface area contributed by atoms with Crippen LogP contribution in [0.4, 0.5) is 0 Å². The van der Waals surface area contributed by atoms with Crippen molar-refractivity contribution in [1.29, 1.82) is 0 Å². The van der Waals surface area contributed by atoms with Crippen molar-refractivity contribution < 1.29 is 4.79 Å². The zero-order valence-electron chi connectivity index (χ0n) is 9.18. The molecule has 0 unspecified atom stereocenters. The summed E-state index contributed by atoms with van der Waals surface area (Å²) in [5.41, 5.74) is 4.13. The summed E-state index contributed by atoms with van der Waals surface area (Å²) in [5.74, 6) is 0. The maximum absolute atomic E-state index is 10.9. The van der Waals surface area contributed by atoms with Crippen LogP contribution in [0.25, 0.3) is 0 Å². The van der Waals surface area contributed by atoms with Gasteiger partial charge in [0.05, 0.1) is 0 Å². The van der Waals surface area contributed by atoms with E-state index in [0.29, 0.717) is 0 Å². The van der Waals surface area contributed by atoms with E-state index < -0.39 is 0 Å². The van der Waals surface area contributed by atoms with Crippen LogP contribution in [0.5, 0.6) is 0 Å². The zero-order chi connectivity index (χ0) is 11.4. The summed E-state index contributed by atoms with van der Waals surface area (Å²) in [5, 5.41) is 0. The third kappa shape index (κ3) is 2.34. The maximum Gasteiger partial charge on any atom is 0.150 e. The molecule has 0 saturated heterocycles. The number of hydrogen-bond donors (Lipinski definition) is 0. The highest BCUT2D eigenvalue weighted by Crippen LogP contribution is 2.13.